The summed E-state index contributed by atoms with van der Waals surface area (Å²) in [6.45, 7) is 29.0. The van der Waals surface area contributed by atoms with E-state index in [0.29, 0.717) is 0 Å². The molecule has 0 atom stereocenters. The quantitative estimate of drug-likeness (QED) is 0.416. The van der Waals surface area contributed by atoms with Crippen molar-refractivity contribution in [1.82, 2.24) is 0 Å². The van der Waals surface area contributed by atoms with Crippen LogP contribution in [0.15, 0.2) is 72.8 Å². The largest absolute Gasteiger partial charge is 0.0683 e. The molecule has 0 N–H and O–H groups in total. The molecule has 0 amide bonds. The second-order valence-electron chi connectivity index (χ2n) is 5.77. The second-order valence-corrected chi connectivity index (χ2v) is 5.77. The van der Waals surface area contributed by atoms with Crippen LogP contribution in [0.1, 0.15) is 98.4 Å². The fourth-order valence-electron chi connectivity index (χ4n) is 0.770. The first-order valence-corrected chi connectivity index (χ1v) is 11.5. The zero-order valence-electron chi connectivity index (χ0n) is 22.1. The number of hydrogen-bond donors (Lipinski definition) is 0. The standard InChI is InChI=1S/2C6H6.2C4H10.4C2H6.H2/c2*1-2-4-6-5-3-1;2*1-4(2)3;4*1-2;/h2*1-6H;2*4H,1-3H3;4*1-2H3;1H. The molecule has 0 saturated heterocycles. The molecule has 28 heavy (non-hydrogen) atoms. The van der Waals surface area contributed by atoms with Gasteiger partial charge < -0.3 is 0 Å². The zero-order chi connectivity index (χ0) is 23.6. The third kappa shape index (κ3) is 123. The highest BCUT2D eigenvalue weighted by Crippen LogP contribution is 1.82. The van der Waals surface area contributed by atoms with Crippen LogP contribution in [-0.4, -0.2) is 0 Å². The smallest absolute Gasteiger partial charge is 0 e. The van der Waals surface area contributed by atoms with Crippen molar-refractivity contribution >= 4 is 0 Å². The lowest BCUT2D eigenvalue weighted by atomic mass is 10.3. The Morgan fingerprint density at radius 1 is 0.286 bits per heavy atom. The average Bonchev–Trinajstić information content (AvgIpc) is 2.76. The number of benzene rings is 2. The van der Waals surface area contributed by atoms with Gasteiger partial charge in [0.2, 0.25) is 0 Å². The molecule has 0 nitrogen and oxygen atoms in total. The van der Waals surface area contributed by atoms with E-state index in [9.17, 15) is 0 Å². The summed E-state index contributed by atoms with van der Waals surface area (Å²) in [7, 11) is 0. The highest BCUT2D eigenvalue weighted by molar-refractivity contribution is 4.99. The lowest BCUT2D eigenvalue weighted by Gasteiger charge is -1.79. The van der Waals surface area contributed by atoms with Gasteiger partial charge in [-0.2, -0.15) is 0 Å². The summed E-state index contributed by atoms with van der Waals surface area (Å²) in [5, 5.41) is 0. The lowest BCUT2D eigenvalue weighted by molar-refractivity contribution is 0.736. The van der Waals surface area contributed by atoms with Crippen LogP contribution in [0.2, 0.25) is 0 Å². The van der Waals surface area contributed by atoms with Gasteiger partial charge in [-0.05, 0) is 11.8 Å². The lowest BCUT2D eigenvalue weighted by Crippen LogP contribution is -1.66. The van der Waals surface area contributed by atoms with Crippen molar-refractivity contribution in [3.63, 3.8) is 0 Å². The summed E-state index contributed by atoms with van der Waals surface area (Å²) in [6.07, 6.45) is 0. The molecule has 0 bridgehead atoms. The molecule has 2 rings (SSSR count). The maximum atomic E-state index is 2.17. The van der Waals surface area contributed by atoms with Crippen molar-refractivity contribution in [2.75, 3.05) is 0 Å². The van der Waals surface area contributed by atoms with Gasteiger partial charge in [-0.3, -0.25) is 0 Å². The van der Waals surface area contributed by atoms with Crippen LogP contribution >= 0.6 is 0 Å². The minimum Gasteiger partial charge on any atom is -0.0683 e. The molecule has 0 saturated carbocycles. The van der Waals surface area contributed by atoms with E-state index in [0.717, 1.165) is 11.8 Å². The van der Waals surface area contributed by atoms with E-state index >= 15 is 0 Å². The first-order chi connectivity index (χ1) is 13.5. The van der Waals surface area contributed by atoms with Crippen molar-refractivity contribution in [2.24, 2.45) is 11.8 Å². The summed E-state index contributed by atoms with van der Waals surface area (Å²) < 4.78 is 0. The Hall–Kier alpha value is -1.56. The van der Waals surface area contributed by atoms with Crippen molar-refractivity contribution < 1.29 is 1.43 Å². The zero-order valence-corrected chi connectivity index (χ0v) is 22.1. The Labute approximate surface area is 183 Å². The third-order valence-corrected chi connectivity index (χ3v) is 1.33. The van der Waals surface area contributed by atoms with Gasteiger partial charge >= 0.3 is 0 Å². The van der Waals surface area contributed by atoms with Crippen LogP contribution < -0.4 is 0 Å². The molecule has 170 valence electrons. The van der Waals surface area contributed by atoms with Gasteiger partial charge in [0.15, 0.2) is 0 Å². The Kier molecular flexibility index (Phi) is 82.2. The van der Waals surface area contributed by atoms with E-state index in [4.69, 9.17) is 0 Å². The topological polar surface area (TPSA) is 0 Å². The second kappa shape index (κ2) is 56.2. The predicted octanol–water partition coefficient (Wildman–Crippen LogP) is 11.0. The Morgan fingerprint density at radius 3 is 0.357 bits per heavy atom. The molecular formula is C28H58. The molecular weight excluding hydrogens is 336 g/mol. The molecule has 0 radical (unpaired) electrons. The van der Waals surface area contributed by atoms with E-state index < -0.39 is 0 Å². The molecule has 0 heteroatoms. The third-order valence-electron chi connectivity index (χ3n) is 1.33. The first-order valence-electron chi connectivity index (χ1n) is 11.5. The monoisotopic (exact) mass is 394 g/mol. The molecule has 0 aliphatic heterocycles. The van der Waals surface area contributed by atoms with E-state index in [2.05, 4.69) is 41.5 Å². The molecule has 0 aliphatic rings. The van der Waals surface area contributed by atoms with Crippen LogP contribution in [0.5, 0.6) is 0 Å². The van der Waals surface area contributed by atoms with Gasteiger partial charge in [-0.1, -0.05) is 170 Å². The molecule has 2 aromatic rings. The molecule has 0 unspecified atom stereocenters. The van der Waals surface area contributed by atoms with E-state index in [1.54, 1.807) is 0 Å². The number of rotatable bonds is 0. The number of hydrogen-bond acceptors (Lipinski definition) is 0. The van der Waals surface area contributed by atoms with E-state index in [1.165, 1.54) is 0 Å². The van der Waals surface area contributed by atoms with E-state index in [1.807, 2.05) is 128 Å². The van der Waals surface area contributed by atoms with Gasteiger partial charge in [0.05, 0.1) is 0 Å². The summed E-state index contributed by atoms with van der Waals surface area (Å²) >= 11 is 0. The molecule has 0 heterocycles. The highest BCUT2D eigenvalue weighted by Gasteiger charge is 1.68. The highest BCUT2D eigenvalue weighted by atomic mass is 13.7. The van der Waals surface area contributed by atoms with E-state index in [-0.39, 0.29) is 1.43 Å². The van der Waals surface area contributed by atoms with Gasteiger partial charge in [-0.15, -0.1) is 0 Å². The maximum absolute atomic E-state index is 2.17. The molecule has 0 fully saturated rings. The minimum absolute atomic E-state index is 0. The first kappa shape index (κ1) is 41.0. The van der Waals surface area contributed by atoms with Crippen molar-refractivity contribution in [2.45, 2.75) is 96.9 Å². The Balaban J connectivity index is -0.0000000400. The summed E-state index contributed by atoms with van der Waals surface area (Å²) in [4.78, 5) is 0. The molecule has 2 aromatic carbocycles. The van der Waals surface area contributed by atoms with Gasteiger partial charge in [-0.25, -0.2) is 0 Å². The van der Waals surface area contributed by atoms with Crippen LogP contribution in [0.4, 0.5) is 0 Å². The Bertz CT molecular complexity index is 245. The maximum Gasteiger partial charge on any atom is 0 e. The fourth-order valence-corrected chi connectivity index (χ4v) is 0.770. The average molecular weight is 395 g/mol. The van der Waals surface area contributed by atoms with Crippen LogP contribution in [-0.2, 0) is 0 Å². The van der Waals surface area contributed by atoms with Crippen molar-refractivity contribution in [1.29, 1.82) is 0 Å². The van der Waals surface area contributed by atoms with Crippen molar-refractivity contribution in [3.05, 3.63) is 72.8 Å². The van der Waals surface area contributed by atoms with Crippen molar-refractivity contribution in [3.8, 4) is 0 Å². The molecule has 0 aromatic heterocycles. The normalized spacial score (nSPS) is 6.86. The van der Waals surface area contributed by atoms with Gasteiger partial charge in [0.1, 0.15) is 0 Å². The summed E-state index contributed by atoms with van der Waals surface area (Å²) in [5.41, 5.74) is 0. The van der Waals surface area contributed by atoms with Crippen LogP contribution in [0.25, 0.3) is 0 Å². The van der Waals surface area contributed by atoms with Crippen LogP contribution in [0.3, 0.4) is 0 Å². The molecule has 0 spiro atoms. The predicted molar refractivity (Wildman–Crippen MR) is 141 cm³/mol. The fraction of sp³-hybridized carbons (Fsp3) is 0.571. The Morgan fingerprint density at radius 2 is 0.321 bits per heavy atom. The minimum atomic E-state index is 0. The molecule has 0 aliphatic carbocycles. The van der Waals surface area contributed by atoms with Gasteiger partial charge in [0.25, 0.3) is 0 Å². The SMILES string of the molecule is CC.CC.CC.CC.CC(C)C.CC(C)C.[HH].c1ccccc1.c1ccccc1. The summed E-state index contributed by atoms with van der Waals surface area (Å²) in [5.74, 6) is 1.67. The van der Waals surface area contributed by atoms with Crippen LogP contribution in [0, 0.1) is 11.8 Å². The summed E-state index contributed by atoms with van der Waals surface area (Å²) in [6, 6.07) is 24.0. The van der Waals surface area contributed by atoms with Gasteiger partial charge in [0, 0.05) is 1.43 Å².